The molecule has 0 aliphatic carbocycles. The van der Waals surface area contributed by atoms with Crippen LogP contribution >= 0.6 is 27.5 Å². The molecule has 0 amide bonds. The largest absolute Gasteiger partial charge is 0.374 e. The van der Waals surface area contributed by atoms with Crippen LogP contribution in [-0.2, 0) is 7.05 Å². The van der Waals surface area contributed by atoms with E-state index in [0.29, 0.717) is 5.15 Å². The van der Waals surface area contributed by atoms with Crippen LogP contribution in [0.5, 0.6) is 0 Å². The maximum absolute atomic E-state index is 5.84. The Morgan fingerprint density at radius 1 is 1.47 bits per heavy atom. The Morgan fingerprint density at radius 3 is 2.82 bits per heavy atom. The van der Waals surface area contributed by atoms with Crippen molar-refractivity contribution < 1.29 is 0 Å². The Balaban J connectivity index is 2.16. The number of nitrogens with zero attached hydrogens (tertiary/aromatic N) is 3. The molecule has 0 aliphatic rings. The topological polar surface area (TPSA) is 42.7 Å². The normalized spacial score (nSPS) is 12.5. The van der Waals surface area contributed by atoms with Gasteiger partial charge in [-0.25, -0.2) is 9.97 Å². The van der Waals surface area contributed by atoms with Crippen molar-refractivity contribution in [1.82, 2.24) is 14.5 Å². The van der Waals surface area contributed by atoms with E-state index >= 15 is 0 Å². The van der Waals surface area contributed by atoms with Crippen LogP contribution in [0.15, 0.2) is 29.1 Å². The van der Waals surface area contributed by atoms with E-state index in [1.54, 1.807) is 12.4 Å². The lowest BCUT2D eigenvalue weighted by Crippen LogP contribution is -2.12. The number of pyridine rings is 1. The number of imidazole rings is 1. The number of nitrogens with one attached hydrogen (secondary N) is 1. The van der Waals surface area contributed by atoms with Gasteiger partial charge in [0.2, 0.25) is 0 Å². The summed E-state index contributed by atoms with van der Waals surface area (Å²) >= 11 is 9.18. The molecule has 2 aromatic heterocycles. The van der Waals surface area contributed by atoms with E-state index in [4.69, 9.17) is 11.6 Å². The van der Waals surface area contributed by atoms with Crippen molar-refractivity contribution in [3.8, 4) is 0 Å². The van der Waals surface area contributed by atoms with Gasteiger partial charge in [0.15, 0.2) is 0 Å². The average molecular weight is 316 g/mol. The number of aryl methyl sites for hydroxylation is 1. The number of rotatable bonds is 3. The van der Waals surface area contributed by atoms with Crippen LogP contribution in [0.25, 0.3) is 0 Å². The van der Waals surface area contributed by atoms with Gasteiger partial charge in [-0.1, -0.05) is 11.6 Å². The van der Waals surface area contributed by atoms with Gasteiger partial charge in [0, 0.05) is 19.4 Å². The molecule has 1 N–H and O–H groups in total. The van der Waals surface area contributed by atoms with Gasteiger partial charge in [0.25, 0.3) is 0 Å². The molecule has 0 spiro atoms. The van der Waals surface area contributed by atoms with E-state index < -0.39 is 0 Å². The lowest BCUT2D eigenvalue weighted by molar-refractivity contribution is 0.721. The molecular weight excluding hydrogens is 304 g/mol. The van der Waals surface area contributed by atoms with Crippen LogP contribution in [0, 0.1) is 0 Å². The van der Waals surface area contributed by atoms with Crippen molar-refractivity contribution in [2.24, 2.45) is 7.05 Å². The number of hydrogen-bond donors (Lipinski definition) is 1. The smallest absolute Gasteiger partial charge is 0.143 e. The summed E-state index contributed by atoms with van der Waals surface area (Å²) in [6.07, 6.45) is 5.40. The van der Waals surface area contributed by atoms with Gasteiger partial charge in [-0.15, -0.1) is 0 Å². The molecule has 0 aromatic carbocycles. The number of halogens is 2. The summed E-state index contributed by atoms with van der Waals surface area (Å²) in [7, 11) is 1.97. The molecule has 2 aromatic rings. The van der Waals surface area contributed by atoms with Crippen molar-refractivity contribution in [1.29, 1.82) is 0 Å². The Bertz CT molecular complexity index is 526. The zero-order chi connectivity index (χ0) is 12.4. The highest BCUT2D eigenvalue weighted by Gasteiger charge is 2.10. The van der Waals surface area contributed by atoms with E-state index in [2.05, 4.69) is 31.2 Å². The molecule has 0 fully saturated rings. The second-order valence-electron chi connectivity index (χ2n) is 3.76. The molecule has 0 aliphatic heterocycles. The molecule has 0 saturated carbocycles. The van der Waals surface area contributed by atoms with Crippen molar-refractivity contribution in [3.63, 3.8) is 0 Å². The fourth-order valence-electron chi connectivity index (χ4n) is 1.61. The summed E-state index contributed by atoms with van der Waals surface area (Å²) in [5, 5.41) is 3.78. The van der Waals surface area contributed by atoms with Gasteiger partial charge in [-0.2, -0.15) is 0 Å². The minimum Gasteiger partial charge on any atom is -0.374 e. The molecular formula is C11H12BrClN4. The minimum atomic E-state index is 0.102. The maximum atomic E-state index is 5.84. The summed E-state index contributed by atoms with van der Waals surface area (Å²) in [6.45, 7) is 2.05. The van der Waals surface area contributed by atoms with Crippen LogP contribution in [0.1, 0.15) is 18.8 Å². The molecule has 0 saturated heterocycles. The van der Waals surface area contributed by atoms with Crippen LogP contribution in [-0.4, -0.2) is 14.5 Å². The van der Waals surface area contributed by atoms with Crippen LogP contribution in [0.3, 0.4) is 0 Å². The van der Waals surface area contributed by atoms with Gasteiger partial charge in [0.1, 0.15) is 11.0 Å². The van der Waals surface area contributed by atoms with Crippen molar-refractivity contribution in [3.05, 3.63) is 40.1 Å². The Morgan fingerprint density at radius 2 is 2.24 bits per heavy atom. The highest BCUT2D eigenvalue weighted by Crippen LogP contribution is 2.25. The molecule has 1 atom stereocenters. The van der Waals surface area contributed by atoms with Gasteiger partial charge < -0.3 is 9.88 Å². The summed E-state index contributed by atoms with van der Waals surface area (Å²) in [5.74, 6) is 0.969. The first kappa shape index (κ1) is 12.4. The van der Waals surface area contributed by atoms with E-state index in [9.17, 15) is 0 Å². The summed E-state index contributed by atoms with van der Waals surface area (Å²) in [6, 6.07) is 2.00. The number of anilines is 1. The van der Waals surface area contributed by atoms with Crippen molar-refractivity contribution in [2.45, 2.75) is 13.0 Å². The molecule has 6 heteroatoms. The summed E-state index contributed by atoms with van der Waals surface area (Å²) in [4.78, 5) is 8.36. The van der Waals surface area contributed by atoms with E-state index in [1.807, 2.05) is 30.8 Å². The maximum Gasteiger partial charge on any atom is 0.143 e. The SMILES string of the molecule is CC(Nc1cnc(Cl)c(Br)c1)c1nccn1C. The molecule has 2 heterocycles. The van der Waals surface area contributed by atoms with Gasteiger partial charge >= 0.3 is 0 Å². The Hall–Kier alpha value is -1.07. The Labute approximate surface area is 113 Å². The highest BCUT2D eigenvalue weighted by atomic mass is 79.9. The monoisotopic (exact) mass is 314 g/mol. The number of aromatic nitrogens is 3. The third-order valence-electron chi connectivity index (χ3n) is 2.43. The molecule has 2 rings (SSSR count). The minimum absolute atomic E-state index is 0.102. The second-order valence-corrected chi connectivity index (χ2v) is 4.97. The van der Waals surface area contributed by atoms with E-state index in [1.165, 1.54) is 0 Å². The van der Waals surface area contributed by atoms with Gasteiger partial charge in [-0.3, -0.25) is 0 Å². The fourth-order valence-corrected chi connectivity index (χ4v) is 2.06. The average Bonchev–Trinajstić information content (AvgIpc) is 2.70. The summed E-state index contributed by atoms with van der Waals surface area (Å²) in [5.41, 5.74) is 0.900. The van der Waals surface area contributed by atoms with Crippen LogP contribution in [0.4, 0.5) is 5.69 Å². The van der Waals surface area contributed by atoms with E-state index in [0.717, 1.165) is 16.0 Å². The predicted molar refractivity (Wildman–Crippen MR) is 72.2 cm³/mol. The standard InChI is InChI=1S/C11H12BrClN4/c1-7(11-14-3-4-17(11)2)16-8-5-9(12)10(13)15-6-8/h3-7,16H,1-2H3. The molecule has 0 radical (unpaired) electrons. The predicted octanol–water partition coefficient (Wildman–Crippen LogP) is 3.40. The third kappa shape index (κ3) is 2.79. The first-order valence-corrected chi connectivity index (χ1v) is 6.30. The fraction of sp³-hybridized carbons (Fsp3) is 0.273. The molecule has 4 nitrogen and oxygen atoms in total. The second kappa shape index (κ2) is 5.06. The number of hydrogen-bond acceptors (Lipinski definition) is 3. The lowest BCUT2D eigenvalue weighted by atomic mass is 10.3. The summed E-state index contributed by atoms with van der Waals surface area (Å²) < 4.78 is 2.76. The first-order valence-electron chi connectivity index (χ1n) is 5.12. The van der Waals surface area contributed by atoms with Gasteiger partial charge in [-0.05, 0) is 28.9 Å². The van der Waals surface area contributed by atoms with Crippen LogP contribution in [0.2, 0.25) is 5.15 Å². The Kier molecular flexibility index (Phi) is 3.69. The van der Waals surface area contributed by atoms with Crippen molar-refractivity contribution >= 4 is 33.2 Å². The highest BCUT2D eigenvalue weighted by molar-refractivity contribution is 9.10. The zero-order valence-corrected chi connectivity index (χ0v) is 11.8. The quantitative estimate of drug-likeness (QED) is 0.883. The molecule has 90 valence electrons. The van der Waals surface area contributed by atoms with E-state index in [-0.39, 0.29) is 6.04 Å². The molecule has 1 unspecified atom stereocenters. The van der Waals surface area contributed by atoms with Crippen LogP contribution < -0.4 is 5.32 Å². The first-order chi connectivity index (χ1) is 8.08. The van der Waals surface area contributed by atoms with Gasteiger partial charge in [0.05, 0.1) is 22.4 Å². The van der Waals surface area contributed by atoms with Crippen molar-refractivity contribution in [2.75, 3.05) is 5.32 Å². The third-order valence-corrected chi connectivity index (χ3v) is 3.56. The molecule has 0 bridgehead atoms. The molecule has 17 heavy (non-hydrogen) atoms. The lowest BCUT2D eigenvalue weighted by Gasteiger charge is -2.15. The zero-order valence-electron chi connectivity index (χ0n) is 9.48.